The fourth-order valence-corrected chi connectivity index (χ4v) is 3.95. The molecule has 5 saturated carbocycles. The van der Waals surface area contributed by atoms with Gasteiger partial charge in [0.05, 0.1) is 6.10 Å². The molecule has 6 atom stereocenters. The third-order valence-electron chi connectivity index (χ3n) is 4.60. The highest BCUT2D eigenvalue weighted by Gasteiger charge is 2.53. The van der Waals surface area contributed by atoms with E-state index in [9.17, 15) is 5.11 Å². The molecule has 0 aliphatic heterocycles. The van der Waals surface area contributed by atoms with Crippen LogP contribution < -0.4 is 5.73 Å². The standard InChI is InChI=1S/C10H17NO/c11-9-7-3-6-2-1-5(7)4-8(6)10(9)12/h5-10,12H,1-4,11H2/t5-,6-,7-,8-,9+,10-/m0/s1. The van der Waals surface area contributed by atoms with Gasteiger partial charge in [-0.2, -0.15) is 0 Å². The summed E-state index contributed by atoms with van der Waals surface area (Å²) in [6, 6.07) is 0.102. The molecule has 5 aliphatic rings. The van der Waals surface area contributed by atoms with Crippen molar-refractivity contribution in [2.24, 2.45) is 29.4 Å². The van der Waals surface area contributed by atoms with Gasteiger partial charge in [0, 0.05) is 6.04 Å². The van der Waals surface area contributed by atoms with E-state index in [1.165, 1.54) is 25.7 Å². The van der Waals surface area contributed by atoms with E-state index >= 15 is 0 Å². The number of aliphatic hydroxyl groups excluding tert-OH is 1. The van der Waals surface area contributed by atoms with E-state index in [0.717, 1.165) is 11.8 Å². The smallest absolute Gasteiger partial charge is 0.0724 e. The predicted molar refractivity (Wildman–Crippen MR) is 46.4 cm³/mol. The lowest BCUT2D eigenvalue weighted by Gasteiger charge is -2.57. The van der Waals surface area contributed by atoms with Crippen LogP contribution in [0.4, 0.5) is 0 Å². The first-order chi connectivity index (χ1) is 5.77. The number of rotatable bonds is 0. The molecule has 12 heavy (non-hydrogen) atoms. The average Bonchev–Trinajstić information content (AvgIpc) is 2.14. The van der Waals surface area contributed by atoms with Crippen LogP contribution in [0.5, 0.6) is 0 Å². The molecule has 0 saturated heterocycles. The van der Waals surface area contributed by atoms with Crippen molar-refractivity contribution in [3.05, 3.63) is 0 Å². The lowest BCUT2D eigenvalue weighted by atomic mass is 9.50. The van der Waals surface area contributed by atoms with Crippen molar-refractivity contribution in [2.75, 3.05) is 0 Å². The summed E-state index contributed by atoms with van der Waals surface area (Å²) in [6.07, 6.45) is 5.14. The first-order valence-corrected chi connectivity index (χ1v) is 5.21. The fraction of sp³-hybridized carbons (Fsp3) is 1.00. The van der Waals surface area contributed by atoms with Crippen molar-refractivity contribution < 1.29 is 5.11 Å². The molecule has 0 radical (unpaired) electrons. The van der Waals surface area contributed by atoms with Crippen molar-refractivity contribution in [2.45, 2.75) is 37.8 Å². The predicted octanol–water partition coefficient (Wildman–Crippen LogP) is 0.741. The Morgan fingerprint density at radius 1 is 1.00 bits per heavy atom. The Balaban J connectivity index is 1.95. The molecule has 0 heterocycles. The molecule has 0 aromatic carbocycles. The molecule has 0 unspecified atom stereocenters. The van der Waals surface area contributed by atoms with E-state index in [-0.39, 0.29) is 12.1 Å². The van der Waals surface area contributed by atoms with E-state index in [2.05, 4.69) is 0 Å². The maximum absolute atomic E-state index is 9.86. The van der Waals surface area contributed by atoms with Crippen LogP contribution in [0.15, 0.2) is 0 Å². The van der Waals surface area contributed by atoms with Crippen molar-refractivity contribution in [3.8, 4) is 0 Å². The minimum absolute atomic E-state index is 0.102. The van der Waals surface area contributed by atoms with Crippen molar-refractivity contribution >= 4 is 0 Å². The van der Waals surface area contributed by atoms with Gasteiger partial charge in [-0.1, -0.05) is 0 Å². The Morgan fingerprint density at radius 3 is 2.08 bits per heavy atom. The van der Waals surface area contributed by atoms with Gasteiger partial charge in [-0.3, -0.25) is 0 Å². The number of aliphatic hydroxyl groups is 1. The quantitative estimate of drug-likeness (QED) is 0.559. The summed E-state index contributed by atoms with van der Waals surface area (Å²) in [6.45, 7) is 0. The number of fused-ring (bicyclic) bond motifs is 2. The zero-order valence-electron chi connectivity index (χ0n) is 7.32. The highest BCUT2D eigenvalue weighted by molar-refractivity contribution is 5.05. The average molecular weight is 167 g/mol. The van der Waals surface area contributed by atoms with E-state index in [1.54, 1.807) is 0 Å². The van der Waals surface area contributed by atoms with E-state index in [1.807, 2.05) is 0 Å². The summed E-state index contributed by atoms with van der Waals surface area (Å²) >= 11 is 0. The zero-order valence-corrected chi connectivity index (χ0v) is 7.32. The molecule has 5 fully saturated rings. The van der Waals surface area contributed by atoms with Gasteiger partial charge in [-0.05, 0) is 49.4 Å². The monoisotopic (exact) mass is 167 g/mol. The summed E-state index contributed by atoms with van der Waals surface area (Å²) in [5.74, 6) is 2.89. The third-order valence-corrected chi connectivity index (χ3v) is 4.60. The maximum Gasteiger partial charge on any atom is 0.0724 e. The molecular formula is C10H17NO. The second-order valence-corrected chi connectivity index (χ2v) is 4.96. The van der Waals surface area contributed by atoms with Crippen LogP contribution >= 0.6 is 0 Å². The van der Waals surface area contributed by atoms with E-state index in [4.69, 9.17) is 5.73 Å². The Kier molecular flexibility index (Phi) is 1.37. The van der Waals surface area contributed by atoms with Gasteiger partial charge in [0.15, 0.2) is 0 Å². The van der Waals surface area contributed by atoms with Gasteiger partial charge in [0.25, 0.3) is 0 Å². The Bertz CT molecular complexity index is 180. The van der Waals surface area contributed by atoms with Gasteiger partial charge in [0.1, 0.15) is 0 Å². The van der Waals surface area contributed by atoms with Crippen LogP contribution in [0.25, 0.3) is 0 Å². The van der Waals surface area contributed by atoms with Crippen LogP contribution in [0.2, 0.25) is 0 Å². The second-order valence-electron chi connectivity index (χ2n) is 4.96. The largest absolute Gasteiger partial charge is 0.391 e. The summed E-state index contributed by atoms with van der Waals surface area (Å²) < 4.78 is 0. The topological polar surface area (TPSA) is 46.2 Å². The SMILES string of the molecule is N[C@H]1[C@@H](O)[C@H]2C[C@@H]3CC[C@H]2C[C@@H]31. The van der Waals surface area contributed by atoms with Gasteiger partial charge in [0.2, 0.25) is 0 Å². The van der Waals surface area contributed by atoms with Gasteiger partial charge < -0.3 is 10.8 Å². The molecule has 0 aromatic heterocycles. The summed E-state index contributed by atoms with van der Waals surface area (Å²) in [4.78, 5) is 0. The molecule has 2 nitrogen and oxygen atoms in total. The van der Waals surface area contributed by atoms with Crippen LogP contribution in [0.3, 0.4) is 0 Å². The first-order valence-electron chi connectivity index (χ1n) is 5.21. The molecule has 68 valence electrons. The maximum atomic E-state index is 9.86. The zero-order chi connectivity index (χ0) is 8.29. The Hall–Kier alpha value is -0.0800. The molecule has 5 aliphatic carbocycles. The lowest BCUT2D eigenvalue weighted by molar-refractivity contribution is -0.116. The molecule has 0 amide bonds. The van der Waals surface area contributed by atoms with Crippen molar-refractivity contribution in [3.63, 3.8) is 0 Å². The van der Waals surface area contributed by atoms with Crippen LogP contribution in [-0.4, -0.2) is 17.3 Å². The van der Waals surface area contributed by atoms with Crippen molar-refractivity contribution in [1.82, 2.24) is 0 Å². The number of nitrogens with two attached hydrogens (primary N) is 1. The molecule has 0 spiro atoms. The van der Waals surface area contributed by atoms with Crippen LogP contribution in [-0.2, 0) is 0 Å². The van der Waals surface area contributed by atoms with E-state index < -0.39 is 0 Å². The van der Waals surface area contributed by atoms with Crippen LogP contribution in [0.1, 0.15) is 25.7 Å². The molecule has 4 bridgehead atoms. The van der Waals surface area contributed by atoms with E-state index in [0.29, 0.717) is 11.8 Å². The normalized spacial score (nSPS) is 62.5. The molecule has 3 N–H and O–H groups in total. The summed E-state index contributed by atoms with van der Waals surface area (Å²) in [5.41, 5.74) is 6.00. The summed E-state index contributed by atoms with van der Waals surface area (Å²) in [7, 11) is 0. The lowest BCUT2D eigenvalue weighted by Crippen LogP contribution is -2.61. The minimum Gasteiger partial charge on any atom is -0.391 e. The number of hydrogen-bond donors (Lipinski definition) is 2. The number of hydrogen-bond acceptors (Lipinski definition) is 2. The van der Waals surface area contributed by atoms with Gasteiger partial charge in [-0.15, -0.1) is 0 Å². The highest BCUT2D eigenvalue weighted by Crippen LogP contribution is 2.55. The van der Waals surface area contributed by atoms with Gasteiger partial charge in [-0.25, -0.2) is 0 Å². The Labute approximate surface area is 73.1 Å². The third kappa shape index (κ3) is 0.728. The molecular weight excluding hydrogens is 150 g/mol. The molecule has 5 rings (SSSR count). The second kappa shape index (κ2) is 2.24. The molecule has 2 heteroatoms. The minimum atomic E-state index is -0.176. The highest BCUT2D eigenvalue weighted by atomic mass is 16.3. The van der Waals surface area contributed by atoms with Crippen molar-refractivity contribution in [1.29, 1.82) is 0 Å². The Morgan fingerprint density at radius 2 is 1.58 bits per heavy atom. The van der Waals surface area contributed by atoms with Crippen LogP contribution in [0, 0.1) is 23.7 Å². The van der Waals surface area contributed by atoms with Gasteiger partial charge >= 0.3 is 0 Å². The first kappa shape index (κ1) is 7.34. The summed E-state index contributed by atoms with van der Waals surface area (Å²) in [5, 5.41) is 9.86. The molecule has 0 aromatic rings. The fourth-order valence-electron chi connectivity index (χ4n) is 3.95.